The normalized spacial score (nSPS) is 10.8. The average molecular weight is 346 g/mol. The van der Waals surface area contributed by atoms with Gasteiger partial charge in [-0.15, -0.1) is 12.8 Å². The van der Waals surface area contributed by atoms with Gasteiger partial charge in [-0.3, -0.25) is 4.79 Å². The van der Waals surface area contributed by atoms with Gasteiger partial charge in [-0.2, -0.15) is 0 Å². The van der Waals surface area contributed by atoms with Gasteiger partial charge in [0, 0.05) is 6.08 Å². The quantitative estimate of drug-likeness (QED) is 0.583. The van der Waals surface area contributed by atoms with Gasteiger partial charge in [-0.05, 0) is 30.8 Å². The first-order valence-electron chi connectivity index (χ1n) is 6.85. The Morgan fingerprint density at radius 2 is 1.96 bits per heavy atom. The molecule has 0 aliphatic carbocycles. The van der Waals surface area contributed by atoms with Gasteiger partial charge in [0.1, 0.15) is 10.6 Å². The maximum absolute atomic E-state index is 12.1. The molecule has 1 amide bonds. The van der Waals surface area contributed by atoms with Crippen LogP contribution < -0.4 is 9.46 Å². The summed E-state index contributed by atoms with van der Waals surface area (Å²) >= 11 is 0. The van der Waals surface area contributed by atoms with Crippen LogP contribution in [0.2, 0.25) is 0 Å². The van der Waals surface area contributed by atoms with E-state index < -0.39 is 10.0 Å². The standard InChI is InChI=1S/C17H18N2O4S/c1-5-11-19(12-6-2)17(20)10-8-14-7-9-15(23-4)16(13-14)24(21,22)18-3/h1-2,7-10,13,18H,11-12H2,3-4H3/b10-8-. The fraction of sp³-hybridized carbons (Fsp3) is 0.235. The molecule has 0 saturated carbocycles. The number of terminal acetylenes is 2. The van der Waals surface area contributed by atoms with Crippen LogP contribution in [-0.4, -0.2) is 46.5 Å². The van der Waals surface area contributed by atoms with E-state index >= 15 is 0 Å². The molecule has 0 atom stereocenters. The second kappa shape index (κ2) is 8.78. The zero-order valence-corrected chi connectivity index (χ0v) is 14.3. The van der Waals surface area contributed by atoms with E-state index in [0.29, 0.717) is 5.56 Å². The molecule has 7 heteroatoms. The van der Waals surface area contributed by atoms with Crippen LogP contribution in [-0.2, 0) is 14.8 Å². The minimum atomic E-state index is -3.69. The van der Waals surface area contributed by atoms with Crippen LogP contribution >= 0.6 is 0 Å². The number of carbonyl (C=O) groups is 1. The van der Waals surface area contributed by atoms with Crippen LogP contribution in [0.3, 0.4) is 0 Å². The van der Waals surface area contributed by atoms with Crippen LogP contribution in [0, 0.1) is 24.7 Å². The zero-order valence-electron chi connectivity index (χ0n) is 13.4. The molecule has 0 heterocycles. The van der Waals surface area contributed by atoms with Gasteiger partial charge in [-0.1, -0.05) is 17.9 Å². The molecule has 126 valence electrons. The first-order valence-corrected chi connectivity index (χ1v) is 8.33. The third-order valence-corrected chi connectivity index (χ3v) is 4.48. The number of rotatable bonds is 7. The minimum Gasteiger partial charge on any atom is -0.495 e. The predicted octanol–water partition coefficient (Wildman–Crippen LogP) is 0.712. The summed E-state index contributed by atoms with van der Waals surface area (Å²) in [5, 5.41) is 0. The van der Waals surface area contributed by atoms with Crippen LogP contribution in [0.1, 0.15) is 5.56 Å². The van der Waals surface area contributed by atoms with Crippen molar-refractivity contribution >= 4 is 22.0 Å². The number of carbonyl (C=O) groups excluding carboxylic acids is 1. The summed E-state index contributed by atoms with van der Waals surface area (Å²) in [6, 6.07) is 4.54. The first-order chi connectivity index (χ1) is 11.4. The van der Waals surface area contributed by atoms with Gasteiger partial charge in [0.2, 0.25) is 15.9 Å². The van der Waals surface area contributed by atoms with Gasteiger partial charge in [-0.25, -0.2) is 13.1 Å². The van der Waals surface area contributed by atoms with Crippen molar-refractivity contribution in [2.24, 2.45) is 0 Å². The number of hydrogen-bond donors (Lipinski definition) is 1. The molecule has 0 aliphatic heterocycles. The highest BCUT2D eigenvalue weighted by Crippen LogP contribution is 2.25. The molecule has 1 aromatic carbocycles. The average Bonchev–Trinajstić information content (AvgIpc) is 2.59. The van der Waals surface area contributed by atoms with Crippen molar-refractivity contribution in [1.82, 2.24) is 9.62 Å². The van der Waals surface area contributed by atoms with E-state index in [-0.39, 0.29) is 29.6 Å². The van der Waals surface area contributed by atoms with E-state index in [1.165, 1.54) is 43.3 Å². The number of methoxy groups -OCH3 is 1. The molecule has 0 bridgehead atoms. The first kappa shape index (κ1) is 19.3. The lowest BCUT2D eigenvalue weighted by Crippen LogP contribution is -2.30. The summed E-state index contributed by atoms with van der Waals surface area (Å²) in [5.74, 6) is 4.55. The summed E-state index contributed by atoms with van der Waals surface area (Å²) in [6.45, 7) is 0.185. The van der Waals surface area contributed by atoms with Crippen molar-refractivity contribution in [2.75, 3.05) is 27.2 Å². The van der Waals surface area contributed by atoms with Gasteiger partial charge < -0.3 is 9.64 Å². The lowest BCUT2D eigenvalue weighted by Gasteiger charge is -2.14. The molecule has 0 aromatic heterocycles. The van der Waals surface area contributed by atoms with Crippen molar-refractivity contribution in [3.8, 4) is 30.4 Å². The number of nitrogens with zero attached hydrogens (tertiary/aromatic N) is 1. The maximum atomic E-state index is 12.1. The number of benzene rings is 1. The maximum Gasteiger partial charge on any atom is 0.248 e. The van der Waals surface area contributed by atoms with Gasteiger partial charge in [0.15, 0.2) is 0 Å². The van der Waals surface area contributed by atoms with Crippen molar-refractivity contribution in [1.29, 1.82) is 0 Å². The Labute approximate surface area is 142 Å². The van der Waals surface area contributed by atoms with Gasteiger partial charge in [0.05, 0.1) is 20.2 Å². The molecule has 0 fully saturated rings. The van der Waals surface area contributed by atoms with E-state index in [1.807, 2.05) is 0 Å². The fourth-order valence-corrected chi connectivity index (χ4v) is 2.75. The number of nitrogens with one attached hydrogen (secondary N) is 1. The lowest BCUT2D eigenvalue weighted by atomic mass is 10.2. The topological polar surface area (TPSA) is 75.7 Å². The molecular formula is C17H18N2O4S. The Balaban J connectivity index is 3.12. The van der Waals surface area contributed by atoms with E-state index in [0.717, 1.165) is 0 Å². The lowest BCUT2D eigenvalue weighted by molar-refractivity contribution is -0.124. The summed E-state index contributed by atoms with van der Waals surface area (Å²) in [4.78, 5) is 13.3. The monoisotopic (exact) mass is 346 g/mol. The van der Waals surface area contributed by atoms with Gasteiger partial charge in [0.25, 0.3) is 0 Å². The molecule has 6 nitrogen and oxygen atoms in total. The summed E-state index contributed by atoms with van der Waals surface area (Å²) in [6.07, 6.45) is 13.2. The van der Waals surface area contributed by atoms with Gasteiger partial charge >= 0.3 is 0 Å². The smallest absolute Gasteiger partial charge is 0.248 e. The Hall–Kier alpha value is -2.74. The van der Waals surface area contributed by atoms with Crippen molar-refractivity contribution in [3.05, 3.63) is 29.8 Å². The number of hydrogen-bond acceptors (Lipinski definition) is 4. The zero-order chi connectivity index (χ0) is 18.2. The second-order valence-corrected chi connectivity index (χ2v) is 6.41. The number of sulfonamides is 1. The van der Waals surface area contributed by atoms with Crippen molar-refractivity contribution in [3.63, 3.8) is 0 Å². The predicted molar refractivity (Wildman–Crippen MR) is 92.5 cm³/mol. The van der Waals surface area contributed by atoms with E-state index in [1.54, 1.807) is 6.07 Å². The highest BCUT2D eigenvalue weighted by Gasteiger charge is 2.17. The Morgan fingerprint density at radius 3 is 2.46 bits per heavy atom. The third kappa shape index (κ3) is 4.88. The third-order valence-electron chi connectivity index (χ3n) is 3.04. The van der Waals surface area contributed by atoms with Crippen molar-refractivity contribution in [2.45, 2.75) is 4.90 Å². The van der Waals surface area contributed by atoms with E-state index in [4.69, 9.17) is 17.6 Å². The van der Waals surface area contributed by atoms with Crippen LogP contribution in [0.5, 0.6) is 5.75 Å². The Kier molecular flexibility index (Phi) is 7.06. The SMILES string of the molecule is C#CCN(CC#C)C(=O)/C=C\c1ccc(OC)c(S(=O)(=O)NC)c1. The van der Waals surface area contributed by atoms with Crippen LogP contribution in [0.25, 0.3) is 6.08 Å². The molecule has 1 rings (SSSR count). The van der Waals surface area contributed by atoms with Crippen molar-refractivity contribution < 1.29 is 17.9 Å². The molecule has 0 unspecified atom stereocenters. The molecule has 0 saturated heterocycles. The van der Waals surface area contributed by atoms with Crippen LogP contribution in [0.15, 0.2) is 29.2 Å². The molecule has 1 N–H and O–H groups in total. The molecule has 0 radical (unpaired) electrons. The van der Waals surface area contributed by atoms with Crippen LogP contribution in [0.4, 0.5) is 0 Å². The minimum absolute atomic E-state index is 0.0220. The summed E-state index contributed by atoms with van der Waals surface area (Å²) < 4.78 is 31.3. The molecular weight excluding hydrogens is 328 g/mol. The second-order valence-electron chi connectivity index (χ2n) is 4.55. The summed E-state index contributed by atoms with van der Waals surface area (Å²) in [5.41, 5.74) is 0.513. The Bertz CT molecular complexity index is 798. The largest absolute Gasteiger partial charge is 0.495 e. The number of ether oxygens (including phenoxy) is 1. The Morgan fingerprint density at radius 1 is 1.33 bits per heavy atom. The fourth-order valence-electron chi connectivity index (χ4n) is 1.82. The molecule has 1 aromatic rings. The molecule has 0 spiro atoms. The highest BCUT2D eigenvalue weighted by atomic mass is 32.2. The highest BCUT2D eigenvalue weighted by molar-refractivity contribution is 7.89. The summed E-state index contributed by atoms with van der Waals surface area (Å²) in [7, 11) is -1.01. The molecule has 24 heavy (non-hydrogen) atoms. The number of amides is 1. The van der Waals surface area contributed by atoms with E-state index in [9.17, 15) is 13.2 Å². The van der Waals surface area contributed by atoms with E-state index in [2.05, 4.69) is 16.6 Å². The molecule has 0 aliphatic rings.